The molecular formula is C6H10N. The van der Waals surface area contributed by atoms with Crippen LogP contribution in [-0.4, -0.2) is 17.5 Å². The molecule has 1 aliphatic carbocycles. The van der Waals surface area contributed by atoms with Crippen LogP contribution in [-0.2, 0) is 0 Å². The van der Waals surface area contributed by atoms with Crippen LogP contribution in [0.25, 0.3) is 0 Å². The summed E-state index contributed by atoms with van der Waals surface area (Å²) >= 11 is 0. The van der Waals surface area contributed by atoms with Gasteiger partial charge in [-0.1, -0.05) is 0 Å². The molecule has 0 aromatic heterocycles. The molecule has 0 unspecified atom stereocenters. The van der Waals surface area contributed by atoms with Crippen LogP contribution in [0.15, 0.2) is 0 Å². The van der Waals surface area contributed by atoms with Gasteiger partial charge in [-0.3, -0.25) is 4.90 Å². The molecule has 2 rings (SSSR count). The highest BCUT2D eigenvalue weighted by molar-refractivity contribution is 4.94. The molecule has 2 aliphatic rings. The Morgan fingerprint density at radius 2 is 2.14 bits per heavy atom. The summed E-state index contributed by atoms with van der Waals surface area (Å²) in [5.74, 6) is 0. The topological polar surface area (TPSA) is 3.24 Å². The lowest BCUT2D eigenvalue weighted by Crippen LogP contribution is -2.33. The van der Waals surface area contributed by atoms with Gasteiger partial charge < -0.3 is 0 Å². The van der Waals surface area contributed by atoms with Crippen molar-refractivity contribution in [1.82, 2.24) is 4.90 Å². The van der Waals surface area contributed by atoms with Gasteiger partial charge in [-0.05, 0) is 19.3 Å². The molecule has 1 aliphatic heterocycles. The molecule has 0 aromatic rings. The van der Waals surface area contributed by atoms with Crippen LogP contribution in [0, 0.1) is 6.54 Å². The van der Waals surface area contributed by atoms with Crippen molar-refractivity contribution in [3.8, 4) is 0 Å². The minimum atomic E-state index is 0.980. The van der Waals surface area contributed by atoms with Gasteiger partial charge in [0.25, 0.3) is 0 Å². The van der Waals surface area contributed by atoms with Crippen LogP contribution in [0.5, 0.6) is 0 Å². The van der Waals surface area contributed by atoms with E-state index in [1.165, 1.54) is 25.8 Å². The molecule has 2 fully saturated rings. The van der Waals surface area contributed by atoms with Crippen molar-refractivity contribution in [3.63, 3.8) is 0 Å². The zero-order valence-corrected chi connectivity index (χ0v) is 4.43. The fraction of sp³-hybridized carbons (Fsp3) is 0.833. The zero-order valence-electron chi connectivity index (χ0n) is 4.43. The zero-order chi connectivity index (χ0) is 4.69. The van der Waals surface area contributed by atoms with E-state index in [0.717, 1.165) is 6.04 Å². The van der Waals surface area contributed by atoms with E-state index in [4.69, 9.17) is 0 Å². The molecule has 0 aromatic carbocycles. The van der Waals surface area contributed by atoms with Gasteiger partial charge in [0.1, 0.15) is 0 Å². The molecule has 1 saturated heterocycles. The van der Waals surface area contributed by atoms with E-state index < -0.39 is 0 Å². The SMILES string of the molecule is [CH]1CCN1C1CC1. The first-order valence-electron chi connectivity index (χ1n) is 3.06. The fourth-order valence-corrected chi connectivity index (χ4v) is 1.02. The Labute approximate surface area is 44.3 Å². The number of nitrogens with zero attached hydrogens (tertiary/aromatic N) is 1. The van der Waals surface area contributed by atoms with Crippen LogP contribution in [0.1, 0.15) is 19.3 Å². The predicted molar refractivity (Wildman–Crippen MR) is 28.6 cm³/mol. The van der Waals surface area contributed by atoms with Crippen LogP contribution in [0.4, 0.5) is 0 Å². The van der Waals surface area contributed by atoms with Crippen LogP contribution < -0.4 is 0 Å². The molecule has 0 atom stereocenters. The molecular weight excluding hydrogens is 86.1 g/mol. The highest BCUT2D eigenvalue weighted by Gasteiger charge is 2.32. The van der Waals surface area contributed by atoms with Gasteiger partial charge in [0.15, 0.2) is 0 Å². The molecule has 0 bridgehead atoms. The average molecular weight is 96.2 g/mol. The Kier molecular flexibility index (Phi) is 0.680. The Hall–Kier alpha value is -0.0400. The van der Waals surface area contributed by atoms with Crippen molar-refractivity contribution >= 4 is 0 Å². The summed E-state index contributed by atoms with van der Waals surface area (Å²) in [6, 6.07) is 0.980. The molecule has 0 amide bonds. The molecule has 39 valence electrons. The van der Waals surface area contributed by atoms with E-state index >= 15 is 0 Å². The lowest BCUT2D eigenvalue weighted by atomic mass is 10.2. The Morgan fingerprint density at radius 3 is 2.29 bits per heavy atom. The minimum absolute atomic E-state index is 0.980. The third-order valence-corrected chi connectivity index (χ3v) is 1.77. The quantitative estimate of drug-likeness (QED) is 0.471. The van der Waals surface area contributed by atoms with E-state index in [2.05, 4.69) is 11.4 Å². The van der Waals surface area contributed by atoms with Crippen molar-refractivity contribution in [2.24, 2.45) is 0 Å². The summed E-state index contributed by atoms with van der Waals surface area (Å²) in [4.78, 5) is 2.46. The molecule has 7 heavy (non-hydrogen) atoms. The first kappa shape index (κ1) is 3.90. The summed E-state index contributed by atoms with van der Waals surface area (Å²) in [7, 11) is 0. The van der Waals surface area contributed by atoms with Gasteiger partial charge in [0, 0.05) is 19.1 Å². The predicted octanol–water partition coefficient (Wildman–Crippen LogP) is 1.02. The highest BCUT2D eigenvalue weighted by Crippen LogP contribution is 2.32. The standard InChI is InChI=1S/C6H10N/c1-4-7(5-1)6-2-3-6/h4,6H,1-3,5H2. The van der Waals surface area contributed by atoms with Gasteiger partial charge >= 0.3 is 0 Å². The summed E-state index contributed by atoms with van der Waals surface area (Å²) < 4.78 is 0. The van der Waals surface area contributed by atoms with Gasteiger partial charge in [0.05, 0.1) is 0 Å². The van der Waals surface area contributed by atoms with Crippen LogP contribution >= 0.6 is 0 Å². The largest absolute Gasteiger partial charge is 0.296 e. The summed E-state index contributed by atoms with van der Waals surface area (Å²) in [5.41, 5.74) is 0. The van der Waals surface area contributed by atoms with Crippen molar-refractivity contribution in [1.29, 1.82) is 0 Å². The van der Waals surface area contributed by atoms with Crippen molar-refractivity contribution in [3.05, 3.63) is 6.54 Å². The maximum absolute atomic E-state index is 2.46. The van der Waals surface area contributed by atoms with Crippen LogP contribution in [0.2, 0.25) is 0 Å². The van der Waals surface area contributed by atoms with E-state index in [1.54, 1.807) is 0 Å². The Bertz CT molecular complexity index is 72.2. The smallest absolute Gasteiger partial charge is 0.0267 e. The second-order valence-electron chi connectivity index (χ2n) is 2.44. The van der Waals surface area contributed by atoms with E-state index in [1.807, 2.05) is 0 Å². The second-order valence-corrected chi connectivity index (χ2v) is 2.44. The van der Waals surface area contributed by atoms with Crippen molar-refractivity contribution in [2.45, 2.75) is 25.3 Å². The molecule has 1 radical (unpaired) electrons. The number of hydrogen-bond acceptors (Lipinski definition) is 1. The monoisotopic (exact) mass is 96.1 g/mol. The molecule has 0 spiro atoms. The van der Waals surface area contributed by atoms with E-state index in [-0.39, 0.29) is 0 Å². The normalized spacial score (nSPS) is 32.6. The van der Waals surface area contributed by atoms with Crippen LogP contribution in [0.3, 0.4) is 0 Å². The maximum atomic E-state index is 2.46. The summed E-state index contributed by atoms with van der Waals surface area (Å²) in [5, 5.41) is 0. The van der Waals surface area contributed by atoms with Gasteiger partial charge in [-0.25, -0.2) is 0 Å². The lowest BCUT2D eigenvalue weighted by Gasteiger charge is -2.29. The van der Waals surface area contributed by atoms with Gasteiger partial charge in [-0.2, -0.15) is 0 Å². The van der Waals surface area contributed by atoms with Crippen molar-refractivity contribution in [2.75, 3.05) is 6.54 Å². The first-order valence-corrected chi connectivity index (χ1v) is 3.06. The third kappa shape index (κ3) is 0.556. The molecule has 1 nitrogen and oxygen atoms in total. The minimum Gasteiger partial charge on any atom is -0.296 e. The van der Waals surface area contributed by atoms with Gasteiger partial charge in [0.2, 0.25) is 0 Å². The third-order valence-electron chi connectivity index (χ3n) is 1.77. The van der Waals surface area contributed by atoms with E-state index in [9.17, 15) is 0 Å². The number of rotatable bonds is 1. The van der Waals surface area contributed by atoms with E-state index in [0.29, 0.717) is 0 Å². The number of hydrogen-bond donors (Lipinski definition) is 0. The Balaban J connectivity index is 1.83. The average Bonchev–Trinajstić information content (AvgIpc) is 2.10. The summed E-state index contributed by atoms with van der Waals surface area (Å²) in [6.45, 7) is 3.66. The number of likely N-dealkylation sites (tertiary alicyclic amines) is 1. The fourth-order valence-electron chi connectivity index (χ4n) is 1.02. The van der Waals surface area contributed by atoms with Gasteiger partial charge in [-0.15, -0.1) is 0 Å². The maximum Gasteiger partial charge on any atom is 0.0267 e. The Morgan fingerprint density at radius 1 is 1.43 bits per heavy atom. The highest BCUT2D eigenvalue weighted by atomic mass is 15.2. The lowest BCUT2D eigenvalue weighted by molar-refractivity contribution is 0.235. The summed E-state index contributed by atoms with van der Waals surface area (Å²) in [6.07, 6.45) is 4.24. The molecule has 1 heteroatoms. The molecule has 1 heterocycles. The first-order chi connectivity index (χ1) is 3.47. The molecule has 0 N–H and O–H groups in total. The van der Waals surface area contributed by atoms with Crippen molar-refractivity contribution < 1.29 is 0 Å². The molecule has 1 saturated carbocycles. The second kappa shape index (κ2) is 1.22.